The molecule has 0 amide bonds. The minimum atomic E-state index is -0.647. The van der Waals surface area contributed by atoms with Crippen molar-refractivity contribution in [1.82, 2.24) is 0 Å². The Bertz CT molecular complexity index is 1380. The van der Waals surface area contributed by atoms with Gasteiger partial charge in [-0.05, 0) is 82.6 Å². The van der Waals surface area contributed by atoms with Crippen molar-refractivity contribution in [2.45, 2.75) is 67.2 Å². The van der Waals surface area contributed by atoms with Crippen LogP contribution in [0.1, 0.15) is 65.5 Å². The van der Waals surface area contributed by atoms with Crippen LogP contribution in [0.4, 0.5) is 9.59 Å². The summed E-state index contributed by atoms with van der Waals surface area (Å²) in [6.07, 6.45) is 3.50. The Labute approximate surface area is 238 Å². The number of carbonyl (C=O) groups excluding carboxylic acids is 2. The van der Waals surface area contributed by atoms with Gasteiger partial charge in [0.25, 0.3) is 0 Å². The molecule has 0 fully saturated rings. The lowest BCUT2D eigenvalue weighted by atomic mass is 10.0. The van der Waals surface area contributed by atoms with Crippen molar-refractivity contribution in [1.29, 1.82) is 0 Å². The predicted octanol–water partition coefficient (Wildman–Crippen LogP) is 9.68. The quantitative estimate of drug-likeness (QED) is 0.154. The molecule has 4 rings (SSSR count). The molecular formula is C34H42O6. The van der Waals surface area contributed by atoms with Crippen molar-refractivity contribution in [3.8, 4) is 11.5 Å². The Morgan fingerprint density at radius 1 is 0.550 bits per heavy atom. The van der Waals surface area contributed by atoms with Crippen molar-refractivity contribution in [2.75, 3.05) is 13.2 Å². The molecule has 0 aliphatic carbocycles. The smallest absolute Gasteiger partial charge is 0.434 e. The Morgan fingerprint density at radius 3 is 1.43 bits per heavy atom. The number of rotatable bonds is 9. The summed E-state index contributed by atoms with van der Waals surface area (Å²) in [6, 6.07) is 23.8. The van der Waals surface area contributed by atoms with Crippen molar-refractivity contribution in [2.24, 2.45) is 0 Å². The zero-order chi connectivity index (χ0) is 28.0. The lowest BCUT2D eigenvalue weighted by Gasteiger charge is -2.07. The zero-order valence-corrected chi connectivity index (χ0v) is 23.3. The first-order valence-electron chi connectivity index (χ1n) is 13.7. The number of carbonyl (C=O) groups is 2. The van der Waals surface area contributed by atoms with Crippen LogP contribution in [-0.4, -0.2) is 25.5 Å². The maximum Gasteiger partial charge on any atom is 0.513 e. The van der Waals surface area contributed by atoms with Gasteiger partial charge in [0, 0.05) is 0 Å². The fourth-order valence-corrected chi connectivity index (χ4v) is 3.96. The zero-order valence-electron chi connectivity index (χ0n) is 23.3. The minimum Gasteiger partial charge on any atom is -0.434 e. The summed E-state index contributed by atoms with van der Waals surface area (Å²) in [5.41, 5.74) is 2.62. The molecule has 0 radical (unpaired) electrons. The van der Waals surface area contributed by atoms with Gasteiger partial charge in [-0.2, -0.15) is 0 Å². The maximum absolute atomic E-state index is 11.4. The third-order valence-corrected chi connectivity index (χ3v) is 5.95. The normalized spacial score (nSPS) is 10.2. The Morgan fingerprint density at radius 2 is 0.975 bits per heavy atom. The first-order valence-corrected chi connectivity index (χ1v) is 13.7. The second-order valence-corrected chi connectivity index (χ2v) is 9.19. The van der Waals surface area contributed by atoms with E-state index in [1.165, 1.54) is 11.1 Å². The second-order valence-electron chi connectivity index (χ2n) is 9.19. The van der Waals surface area contributed by atoms with Gasteiger partial charge in [-0.15, -0.1) is 0 Å². The molecule has 214 valence electrons. The molecule has 6 heteroatoms. The molecule has 0 heterocycles. The topological polar surface area (TPSA) is 71.1 Å². The number of ether oxygens (including phenoxy) is 4. The lowest BCUT2D eigenvalue weighted by molar-refractivity contribution is 0.0981. The van der Waals surface area contributed by atoms with E-state index in [2.05, 4.69) is 44.2 Å². The molecule has 0 aliphatic heterocycles. The van der Waals surface area contributed by atoms with E-state index in [0.717, 1.165) is 53.6 Å². The van der Waals surface area contributed by atoms with Crippen LogP contribution in [0.25, 0.3) is 21.5 Å². The Hall–Kier alpha value is -4.06. The highest BCUT2D eigenvalue weighted by Crippen LogP contribution is 2.24. The summed E-state index contributed by atoms with van der Waals surface area (Å²) in [4.78, 5) is 22.8. The second kappa shape index (κ2) is 16.8. The van der Waals surface area contributed by atoms with E-state index >= 15 is 0 Å². The molecule has 4 aromatic rings. The summed E-state index contributed by atoms with van der Waals surface area (Å²) in [5, 5.41) is 4.42. The van der Waals surface area contributed by atoms with E-state index in [1.807, 2.05) is 44.2 Å². The van der Waals surface area contributed by atoms with Crippen LogP contribution in [-0.2, 0) is 22.3 Å². The number of hydrogen-bond acceptors (Lipinski definition) is 6. The van der Waals surface area contributed by atoms with Gasteiger partial charge in [0.2, 0.25) is 0 Å². The maximum atomic E-state index is 11.4. The van der Waals surface area contributed by atoms with E-state index < -0.39 is 12.3 Å². The third kappa shape index (κ3) is 9.92. The largest absolute Gasteiger partial charge is 0.513 e. The van der Waals surface area contributed by atoms with E-state index in [-0.39, 0.29) is 7.43 Å². The molecule has 0 saturated heterocycles. The van der Waals surface area contributed by atoms with Gasteiger partial charge in [0.15, 0.2) is 0 Å². The standard InChI is InChI=1S/C17H20O3.C16H18O3.CH4/c1-3-5-13-6-7-15-12-16(9-8-14(15)11-13)20-17(18)19-10-4-2;1-3-9-18-16(17)19-15-8-7-13-10-12(4-2)5-6-14(13)11-15;/h6-9,11-12H,3-5,10H2,1-2H3;5-8,10-11H,3-4,9H2,1-2H3;1H4. The Kier molecular flexibility index (Phi) is 13.5. The monoisotopic (exact) mass is 546 g/mol. The summed E-state index contributed by atoms with van der Waals surface area (Å²) < 4.78 is 20.0. The van der Waals surface area contributed by atoms with Crippen LogP contribution in [0, 0.1) is 0 Å². The molecule has 0 spiro atoms. The molecule has 4 aromatic carbocycles. The first kappa shape index (κ1) is 32.2. The van der Waals surface area contributed by atoms with Gasteiger partial charge >= 0.3 is 12.3 Å². The molecule has 0 atom stereocenters. The minimum absolute atomic E-state index is 0. The molecule has 40 heavy (non-hydrogen) atoms. The number of hydrogen-bond donors (Lipinski definition) is 0. The van der Waals surface area contributed by atoms with Crippen LogP contribution in [0.2, 0.25) is 0 Å². The summed E-state index contributed by atoms with van der Waals surface area (Å²) in [7, 11) is 0. The SMILES string of the molecule is C.CCCOC(=O)Oc1ccc2cc(CC)ccc2c1.CCCOC(=O)Oc1ccc2cc(CCC)ccc2c1. The highest BCUT2D eigenvalue weighted by Gasteiger charge is 2.07. The predicted molar refractivity (Wildman–Crippen MR) is 163 cm³/mol. The van der Waals surface area contributed by atoms with Crippen LogP contribution in [0.5, 0.6) is 11.5 Å². The number of benzene rings is 4. The molecule has 0 aromatic heterocycles. The van der Waals surface area contributed by atoms with Crippen molar-refractivity contribution in [3.63, 3.8) is 0 Å². The average molecular weight is 547 g/mol. The van der Waals surface area contributed by atoms with Gasteiger partial charge in [0.05, 0.1) is 13.2 Å². The summed E-state index contributed by atoms with van der Waals surface area (Å²) >= 11 is 0. The fourth-order valence-electron chi connectivity index (χ4n) is 3.96. The third-order valence-electron chi connectivity index (χ3n) is 5.95. The average Bonchev–Trinajstić information content (AvgIpc) is 2.95. The van der Waals surface area contributed by atoms with Gasteiger partial charge < -0.3 is 18.9 Å². The van der Waals surface area contributed by atoms with Crippen LogP contribution < -0.4 is 9.47 Å². The lowest BCUT2D eigenvalue weighted by Crippen LogP contribution is -2.10. The van der Waals surface area contributed by atoms with Gasteiger partial charge in [-0.25, -0.2) is 9.59 Å². The molecule has 0 unspecified atom stereocenters. The molecule has 0 saturated carbocycles. The van der Waals surface area contributed by atoms with Gasteiger partial charge in [-0.3, -0.25) is 0 Å². The molecule has 0 aliphatic rings. The highest BCUT2D eigenvalue weighted by atomic mass is 16.7. The van der Waals surface area contributed by atoms with E-state index in [0.29, 0.717) is 24.7 Å². The van der Waals surface area contributed by atoms with Crippen molar-refractivity contribution < 1.29 is 28.5 Å². The number of fused-ring (bicyclic) bond motifs is 2. The van der Waals surface area contributed by atoms with Gasteiger partial charge in [-0.1, -0.05) is 90.1 Å². The molecular weight excluding hydrogens is 504 g/mol. The molecule has 0 bridgehead atoms. The molecule has 6 nitrogen and oxygen atoms in total. The van der Waals surface area contributed by atoms with Crippen molar-refractivity contribution in [3.05, 3.63) is 83.9 Å². The van der Waals surface area contributed by atoms with Crippen LogP contribution in [0.15, 0.2) is 72.8 Å². The van der Waals surface area contributed by atoms with Crippen molar-refractivity contribution >= 4 is 33.9 Å². The van der Waals surface area contributed by atoms with E-state index in [9.17, 15) is 9.59 Å². The number of aryl methyl sites for hydroxylation is 2. The van der Waals surface area contributed by atoms with Crippen LogP contribution in [0.3, 0.4) is 0 Å². The van der Waals surface area contributed by atoms with Gasteiger partial charge in [0.1, 0.15) is 11.5 Å². The van der Waals surface area contributed by atoms with E-state index in [4.69, 9.17) is 18.9 Å². The van der Waals surface area contributed by atoms with E-state index in [1.54, 1.807) is 12.1 Å². The first-order chi connectivity index (χ1) is 18.9. The summed E-state index contributed by atoms with van der Waals surface area (Å²) in [6.45, 7) is 8.94. The fraction of sp³-hybridized carbons (Fsp3) is 0.353. The molecule has 0 N–H and O–H groups in total. The van der Waals surface area contributed by atoms with Crippen LogP contribution >= 0.6 is 0 Å². The summed E-state index contributed by atoms with van der Waals surface area (Å²) in [5.74, 6) is 1.03. The Balaban J connectivity index is 0.000000274. The highest BCUT2D eigenvalue weighted by molar-refractivity contribution is 5.86.